The van der Waals surface area contributed by atoms with E-state index in [1.54, 1.807) is 7.11 Å². The van der Waals surface area contributed by atoms with E-state index >= 15 is 0 Å². The molecule has 0 fully saturated rings. The summed E-state index contributed by atoms with van der Waals surface area (Å²) in [6.45, 7) is 6.16. The molecular formula is C14H21NO2S. The van der Waals surface area contributed by atoms with Crippen LogP contribution in [0.5, 0.6) is 11.5 Å². The molecule has 18 heavy (non-hydrogen) atoms. The lowest BCUT2D eigenvalue weighted by molar-refractivity contribution is 0.293. The average Bonchev–Trinajstić information content (AvgIpc) is 2.42. The first-order chi connectivity index (χ1) is 8.88. The zero-order valence-electron chi connectivity index (χ0n) is 10.9. The van der Waals surface area contributed by atoms with Crippen LogP contribution in [-0.4, -0.2) is 38.3 Å². The van der Waals surface area contributed by atoms with Gasteiger partial charge in [-0.2, -0.15) is 11.8 Å². The third-order valence-corrected chi connectivity index (χ3v) is 3.23. The Morgan fingerprint density at radius 3 is 2.78 bits per heavy atom. The molecule has 0 radical (unpaired) electrons. The molecule has 0 amide bonds. The van der Waals surface area contributed by atoms with E-state index in [0.717, 1.165) is 36.1 Å². The van der Waals surface area contributed by atoms with Crippen LogP contribution in [-0.2, 0) is 0 Å². The maximum atomic E-state index is 5.65. The van der Waals surface area contributed by atoms with Crippen LogP contribution in [0.1, 0.15) is 0 Å². The van der Waals surface area contributed by atoms with Crippen LogP contribution in [0.3, 0.4) is 0 Å². The molecular weight excluding hydrogens is 246 g/mol. The van der Waals surface area contributed by atoms with E-state index in [1.165, 1.54) is 0 Å². The van der Waals surface area contributed by atoms with Gasteiger partial charge in [0.15, 0.2) is 11.5 Å². The van der Waals surface area contributed by atoms with Gasteiger partial charge in [0.2, 0.25) is 0 Å². The minimum atomic E-state index is 0.645. The minimum absolute atomic E-state index is 0.645. The van der Waals surface area contributed by atoms with Crippen molar-refractivity contribution in [2.24, 2.45) is 0 Å². The molecule has 100 valence electrons. The van der Waals surface area contributed by atoms with Crippen LogP contribution in [0.15, 0.2) is 36.9 Å². The van der Waals surface area contributed by atoms with Crippen LogP contribution in [0.2, 0.25) is 0 Å². The van der Waals surface area contributed by atoms with Crippen LogP contribution in [0, 0.1) is 0 Å². The maximum absolute atomic E-state index is 5.65. The van der Waals surface area contributed by atoms with Gasteiger partial charge in [-0.3, -0.25) is 0 Å². The van der Waals surface area contributed by atoms with Crippen molar-refractivity contribution in [1.29, 1.82) is 0 Å². The molecule has 0 aliphatic heterocycles. The Morgan fingerprint density at radius 2 is 2.06 bits per heavy atom. The number of nitrogens with one attached hydrogen (secondary N) is 1. The summed E-state index contributed by atoms with van der Waals surface area (Å²) in [5.74, 6) is 3.68. The molecule has 0 aliphatic rings. The van der Waals surface area contributed by atoms with Gasteiger partial charge in [-0.15, -0.1) is 6.58 Å². The van der Waals surface area contributed by atoms with Crippen molar-refractivity contribution in [3.05, 3.63) is 36.9 Å². The fraction of sp³-hybridized carbons (Fsp3) is 0.429. The van der Waals surface area contributed by atoms with Crippen molar-refractivity contribution in [3.8, 4) is 11.5 Å². The lowest BCUT2D eigenvalue weighted by Gasteiger charge is -2.10. The second-order valence-corrected chi connectivity index (χ2v) is 4.76. The van der Waals surface area contributed by atoms with Crippen molar-refractivity contribution < 1.29 is 9.47 Å². The highest BCUT2D eigenvalue weighted by atomic mass is 32.2. The van der Waals surface area contributed by atoms with Crippen molar-refractivity contribution in [3.63, 3.8) is 0 Å². The summed E-state index contributed by atoms with van der Waals surface area (Å²) in [4.78, 5) is 0. The van der Waals surface area contributed by atoms with Gasteiger partial charge in [0.05, 0.1) is 7.11 Å². The molecule has 1 rings (SSSR count). The summed E-state index contributed by atoms with van der Waals surface area (Å²) in [5.41, 5.74) is 0. The van der Waals surface area contributed by atoms with Crippen molar-refractivity contribution in [1.82, 2.24) is 5.32 Å². The molecule has 3 nitrogen and oxygen atoms in total. The number of rotatable bonds is 10. The van der Waals surface area contributed by atoms with Gasteiger partial charge in [0.25, 0.3) is 0 Å². The Labute approximate surface area is 114 Å². The molecule has 1 aromatic carbocycles. The summed E-state index contributed by atoms with van der Waals surface area (Å²) in [5, 5.41) is 3.33. The lowest BCUT2D eigenvalue weighted by Crippen LogP contribution is -2.23. The third kappa shape index (κ3) is 5.98. The zero-order valence-corrected chi connectivity index (χ0v) is 11.7. The second kappa shape index (κ2) is 9.85. The largest absolute Gasteiger partial charge is 0.493 e. The van der Waals surface area contributed by atoms with E-state index in [1.807, 2.05) is 42.1 Å². The number of ether oxygens (including phenoxy) is 2. The van der Waals surface area contributed by atoms with Gasteiger partial charge in [-0.05, 0) is 12.1 Å². The molecule has 0 saturated heterocycles. The van der Waals surface area contributed by atoms with Crippen LogP contribution in [0.25, 0.3) is 0 Å². The van der Waals surface area contributed by atoms with Gasteiger partial charge >= 0.3 is 0 Å². The molecule has 0 aromatic heterocycles. The van der Waals surface area contributed by atoms with Crippen molar-refractivity contribution in [2.75, 3.05) is 38.3 Å². The summed E-state index contributed by atoms with van der Waals surface area (Å²) >= 11 is 1.87. The molecule has 0 heterocycles. The molecule has 0 saturated carbocycles. The van der Waals surface area contributed by atoms with Gasteiger partial charge < -0.3 is 14.8 Å². The van der Waals surface area contributed by atoms with E-state index in [9.17, 15) is 0 Å². The molecule has 0 aliphatic carbocycles. The molecule has 0 bridgehead atoms. The number of para-hydroxylation sites is 2. The van der Waals surface area contributed by atoms with Crippen molar-refractivity contribution in [2.45, 2.75) is 0 Å². The SMILES string of the molecule is C=CCSCCNCCOc1ccccc1OC. The molecule has 0 spiro atoms. The van der Waals surface area contributed by atoms with Crippen LogP contribution < -0.4 is 14.8 Å². The van der Waals surface area contributed by atoms with E-state index in [2.05, 4.69) is 11.9 Å². The molecule has 4 heteroatoms. The standard InChI is InChI=1S/C14H21NO2S/c1-3-11-18-12-9-15-8-10-17-14-7-5-4-6-13(14)16-2/h3-7,15H,1,8-12H2,2H3. The normalized spacial score (nSPS) is 10.1. The van der Waals surface area contributed by atoms with E-state index < -0.39 is 0 Å². The summed E-state index contributed by atoms with van der Waals surface area (Å²) < 4.78 is 10.9. The first-order valence-corrected chi connectivity index (χ1v) is 7.19. The molecule has 0 atom stereocenters. The number of benzene rings is 1. The fourth-order valence-electron chi connectivity index (χ4n) is 1.41. The Balaban J connectivity index is 2.08. The lowest BCUT2D eigenvalue weighted by atomic mass is 10.3. The topological polar surface area (TPSA) is 30.5 Å². The predicted octanol–water partition coefficient (Wildman–Crippen LogP) is 2.58. The Bertz CT molecular complexity index is 344. The molecule has 0 unspecified atom stereocenters. The summed E-state index contributed by atoms with van der Waals surface area (Å²) in [6.07, 6.45) is 1.93. The van der Waals surface area contributed by atoms with Gasteiger partial charge in [0, 0.05) is 24.6 Å². The zero-order chi connectivity index (χ0) is 13.1. The van der Waals surface area contributed by atoms with E-state index in [0.29, 0.717) is 6.61 Å². The monoisotopic (exact) mass is 267 g/mol. The third-order valence-electron chi connectivity index (χ3n) is 2.26. The number of methoxy groups -OCH3 is 1. The quantitative estimate of drug-likeness (QED) is 0.521. The highest BCUT2D eigenvalue weighted by molar-refractivity contribution is 7.99. The highest BCUT2D eigenvalue weighted by Crippen LogP contribution is 2.25. The number of thioether (sulfide) groups is 1. The van der Waals surface area contributed by atoms with Crippen molar-refractivity contribution >= 4 is 11.8 Å². The van der Waals surface area contributed by atoms with Crippen LogP contribution in [0.4, 0.5) is 0 Å². The first-order valence-electron chi connectivity index (χ1n) is 6.03. The van der Waals surface area contributed by atoms with E-state index in [4.69, 9.17) is 9.47 Å². The smallest absolute Gasteiger partial charge is 0.161 e. The Hall–Kier alpha value is -1.13. The van der Waals surface area contributed by atoms with Gasteiger partial charge in [-0.1, -0.05) is 18.2 Å². The fourth-order valence-corrected chi connectivity index (χ4v) is 2.03. The minimum Gasteiger partial charge on any atom is -0.493 e. The summed E-state index contributed by atoms with van der Waals surface area (Å²) in [6, 6.07) is 7.69. The Kier molecular flexibility index (Phi) is 8.17. The predicted molar refractivity (Wildman–Crippen MR) is 78.9 cm³/mol. The highest BCUT2D eigenvalue weighted by Gasteiger charge is 2.01. The number of hydrogen-bond donors (Lipinski definition) is 1. The second-order valence-electron chi connectivity index (χ2n) is 3.61. The Morgan fingerprint density at radius 1 is 1.28 bits per heavy atom. The maximum Gasteiger partial charge on any atom is 0.161 e. The number of hydrogen-bond acceptors (Lipinski definition) is 4. The van der Waals surface area contributed by atoms with Crippen LogP contribution >= 0.6 is 11.8 Å². The molecule has 1 N–H and O–H groups in total. The van der Waals surface area contributed by atoms with Gasteiger partial charge in [0.1, 0.15) is 6.61 Å². The first kappa shape index (κ1) is 14.9. The van der Waals surface area contributed by atoms with Gasteiger partial charge in [-0.25, -0.2) is 0 Å². The summed E-state index contributed by atoms with van der Waals surface area (Å²) in [7, 11) is 1.65. The molecule has 1 aromatic rings. The van der Waals surface area contributed by atoms with E-state index in [-0.39, 0.29) is 0 Å². The average molecular weight is 267 g/mol.